The van der Waals surface area contributed by atoms with E-state index in [1.54, 1.807) is 0 Å². The number of rotatable bonds is 1. The van der Waals surface area contributed by atoms with Crippen LogP contribution < -0.4 is 0 Å². The van der Waals surface area contributed by atoms with Crippen LogP contribution in [0.1, 0.15) is 5.82 Å². The van der Waals surface area contributed by atoms with Crippen molar-refractivity contribution in [1.82, 2.24) is 18.9 Å². The molecule has 0 amide bonds. The minimum absolute atomic E-state index is 0.936. The highest BCUT2D eigenvalue weighted by Crippen LogP contribution is 2.25. The fraction of sp³-hybridized carbons (Fsp3) is 0.125. The van der Waals surface area contributed by atoms with Crippen LogP contribution in [0.5, 0.6) is 0 Å². The summed E-state index contributed by atoms with van der Waals surface area (Å²) in [6.45, 7) is 2.02. The molecule has 4 nitrogen and oxygen atoms in total. The molecule has 0 spiro atoms. The van der Waals surface area contributed by atoms with E-state index in [1.807, 2.05) is 42.9 Å². The highest BCUT2D eigenvalue weighted by atomic mass is 79.9. The number of aromatic nitrogens is 4. The summed E-state index contributed by atoms with van der Waals surface area (Å²) in [5.74, 6) is 1.01. The average Bonchev–Trinajstić information content (AvgIpc) is 3.00. The van der Waals surface area contributed by atoms with Crippen molar-refractivity contribution < 1.29 is 0 Å². The lowest BCUT2D eigenvalue weighted by atomic mass is 10.1. The lowest BCUT2D eigenvalue weighted by molar-refractivity contribution is 0.886. The van der Waals surface area contributed by atoms with Crippen LogP contribution in [0.25, 0.3) is 27.9 Å². The van der Waals surface area contributed by atoms with Crippen molar-refractivity contribution in [1.29, 1.82) is 0 Å². The Balaban J connectivity index is 1.91. The lowest BCUT2D eigenvalue weighted by Crippen LogP contribution is -1.89. The largest absolute Gasteiger partial charge is 0.331 e. The number of benzene rings is 1. The minimum Gasteiger partial charge on any atom is -0.331 e. The van der Waals surface area contributed by atoms with Gasteiger partial charge in [-0.1, -0.05) is 6.07 Å². The van der Waals surface area contributed by atoms with E-state index in [-0.39, 0.29) is 0 Å². The summed E-state index contributed by atoms with van der Waals surface area (Å²) in [4.78, 5) is 9.26. The molecule has 0 saturated carbocycles. The summed E-state index contributed by atoms with van der Waals surface area (Å²) in [6, 6.07) is 10.3. The van der Waals surface area contributed by atoms with Crippen molar-refractivity contribution >= 4 is 32.6 Å². The van der Waals surface area contributed by atoms with Crippen molar-refractivity contribution in [3.05, 3.63) is 53.0 Å². The summed E-state index contributed by atoms with van der Waals surface area (Å²) in [7, 11) is 2.03. The van der Waals surface area contributed by atoms with Gasteiger partial charge in [0.2, 0.25) is 0 Å². The molecule has 3 heterocycles. The molecule has 0 aliphatic rings. The van der Waals surface area contributed by atoms with E-state index in [9.17, 15) is 0 Å². The maximum absolute atomic E-state index is 4.67. The van der Waals surface area contributed by atoms with E-state index in [0.717, 1.165) is 38.2 Å². The second kappa shape index (κ2) is 4.43. The van der Waals surface area contributed by atoms with Gasteiger partial charge < -0.3 is 8.97 Å². The molecular weight excluding hydrogens is 328 g/mol. The molecule has 0 saturated heterocycles. The summed E-state index contributed by atoms with van der Waals surface area (Å²) in [6.07, 6.45) is 4.05. The number of imidazole rings is 2. The predicted octanol–water partition coefficient (Wildman–Crippen LogP) is 3.96. The van der Waals surface area contributed by atoms with E-state index < -0.39 is 0 Å². The molecule has 0 bridgehead atoms. The van der Waals surface area contributed by atoms with Crippen molar-refractivity contribution in [3.63, 3.8) is 0 Å². The summed E-state index contributed by atoms with van der Waals surface area (Å²) >= 11 is 3.48. The first kappa shape index (κ1) is 12.6. The highest BCUT2D eigenvalue weighted by Gasteiger charge is 2.09. The zero-order valence-electron chi connectivity index (χ0n) is 11.7. The van der Waals surface area contributed by atoms with E-state index in [1.165, 1.54) is 0 Å². The topological polar surface area (TPSA) is 35.1 Å². The Morgan fingerprint density at radius 3 is 2.76 bits per heavy atom. The molecular formula is C16H13BrN4. The Morgan fingerprint density at radius 2 is 1.90 bits per heavy atom. The van der Waals surface area contributed by atoms with Crippen molar-refractivity contribution in [2.45, 2.75) is 6.92 Å². The number of fused-ring (bicyclic) bond motifs is 2. The lowest BCUT2D eigenvalue weighted by Gasteiger charge is -1.98. The molecule has 21 heavy (non-hydrogen) atoms. The van der Waals surface area contributed by atoms with Crippen molar-refractivity contribution in [2.75, 3.05) is 0 Å². The van der Waals surface area contributed by atoms with Crippen molar-refractivity contribution in [2.24, 2.45) is 7.05 Å². The number of pyridine rings is 1. The molecule has 5 heteroatoms. The quantitative estimate of drug-likeness (QED) is 0.525. The SMILES string of the molecule is Cc1nc2cc(-c3cn4cc(Br)ccc4n3)ccc2n1C. The maximum atomic E-state index is 4.67. The van der Waals surface area contributed by atoms with Gasteiger partial charge in [-0.25, -0.2) is 9.97 Å². The number of halogens is 1. The van der Waals surface area contributed by atoms with E-state index in [0.29, 0.717) is 0 Å². The van der Waals surface area contributed by atoms with Gasteiger partial charge in [0.1, 0.15) is 11.5 Å². The van der Waals surface area contributed by atoms with Crippen molar-refractivity contribution in [3.8, 4) is 11.3 Å². The van der Waals surface area contributed by atoms with Gasteiger partial charge in [0.05, 0.1) is 16.7 Å². The molecule has 4 aromatic rings. The first-order valence-electron chi connectivity index (χ1n) is 6.69. The Morgan fingerprint density at radius 1 is 1.05 bits per heavy atom. The van der Waals surface area contributed by atoms with Gasteiger partial charge in [-0.15, -0.1) is 0 Å². The van der Waals surface area contributed by atoms with E-state index in [4.69, 9.17) is 0 Å². The zero-order valence-corrected chi connectivity index (χ0v) is 13.3. The first-order chi connectivity index (χ1) is 10.1. The fourth-order valence-corrected chi connectivity index (χ4v) is 2.94. The Kier molecular flexibility index (Phi) is 2.65. The van der Waals surface area contributed by atoms with Gasteiger partial charge in [0.15, 0.2) is 0 Å². The van der Waals surface area contributed by atoms with Crippen LogP contribution in [0.4, 0.5) is 0 Å². The Hall–Kier alpha value is -2.14. The molecule has 0 atom stereocenters. The zero-order chi connectivity index (χ0) is 14.6. The first-order valence-corrected chi connectivity index (χ1v) is 7.49. The Bertz CT molecular complexity index is 981. The second-order valence-corrected chi connectivity index (χ2v) is 6.08. The molecule has 0 aliphatic carbocycles. The molecule has 0 unspecified atom stereocenters. The third-order valence-electron chi connectivity index (χ3n) is 3.82. The number of aryl methyl sites for hydroxylation is 2. The minimum atomic E-state index is 0.936. The maximum Gasteiger partial charge on any atom is 0.137 e. The smallest absolute Gasteiger partial charge is 0.137 e. The van der Waals surface area contributed by atoms with E-state index >= 15 is 0 Å². The number of hydrogen-bond donors (Lipinski definition) is 0. The predicted molar refractivity (Wildman–Crippen MR) is 87.3 cm³/mol. The molecule has 0 N–H and O–H groups in total. The number of nitrogens with zero attached hydrogens (tertiary/aromatic N) is 4. The second-order valence-electron chi connectivity index (χ2n) is 5.16. The van der Waals surface area contributed by atoms with Gasteiger partial charge in [0.25, 0.3) is 0 Å². The van der Waals surface area contributed by atoms with Gasteiger partial charge in [-0.3, -0.25) is 0 Å². The molecule has 0 fully saturated rings. The third-order valence-corrected chi connectivity index (χ3v) is 4.28. The van der Waals surface area contributed by atoms with Gasteiger partial charge in [0, 0.05) is 29.5 Å². The van der Waals surface area contributed by atoms with E-state index in [2.05, 4.69) is 48.7 Å². The van der Waals surface area contributed by atoms with Gasteiger partial charge in [-0.05, 0) is 47.1 Å². The molecule has 104 valence electrons. The van der Waals surface area contributed by atoms with Crippen LogP contribution in [0.2, 0.25) is 0 Å². The summed E-state index contributed by atoms with van der Waals surface area (Å²) in [5, 5.41) is 0. The van der Waals surface area contributed by atoms with Crippen LogP contribution >= 0.6 is 15.9 Å². The Labute approximate surface area is 130 Å². The van der Waals surface area contributed by atoms with Crippen LogP contribution in [0, 0.1) is 6.92 Å². The molecule has 4 rings (SSSR count). The summed E-state index contributed by atoms with van der Waals surface area (Å²) < 4.78 is 5.16. The van der Waals surface area contributed by atoms with Gasteiger partial charge in [-0.2, -0.15) is 0 Å². The van der Waals surface area contributed by atoms with Gasteiger partial charge >= 0.3 is 0 Å². The molecule has 0 radical (unpaired) electrons. The average molecular weight is 341 g/mol. The fourth-order valence-electron chi connectivity index (χ4n) is 2.58. The molecule has 1 aromatic carbocycles. The van der Waals surface area contributed by atoms with Crippen LogP contribution in [0.3, 0.4) is 0 Å². The summed E-state index contributed by atoms with van der Waals surface area (Å²) in [5.41, 5.74) is 5.12. The third kappa shape index (κ3) is 1.96. The van der Waals surface area contributed by atoms with Crippen LogP contribution in [0.15, 0.2) is 47.2 Å². The standard InChI is InChI=1S/C16H13BrN4/c1-10-18-13-7-11(3-5-15(13)20(10)2)14-9-21-8-12(17)4-6-16(21)19-14/h3-9H,1-2H3. The van der Waals surface area contributed by atoms with Crippen LogP contribution in [-0.2, 0) is 7.05 Å². The molecule has 3 aromatic heterocycles. The number of hydrogen-bond acceptors (Lipinski definition) is 2. The normalized spacial score (nSPS) is 11.6. The highest BCUT2D eigenvalue weighted by molar-refractivity contribution is 9.10. The molecule has 0 aliphatic heterocycles. The van der Waals surface area contributed by atoms with Crippen LogP contribution in [-0.4, -0.2) is 18.9 Å². The monoisotopic (exact) mass is 340 g/mol.